The fourth-order valence-electron chi connectivity index (χ4n) is 1.23. The summed E-state index contributed by atoms with van der Waals surface area (Å²) in [6, 6.07) is 0.522. The lowest BCUT2D eigenvalue weighted by molar-refractivity contribution is -0.138. The predicted octanol–water partition coefficient (Wildman–Crippen LogP) is 4.08. The van der Waals surface area contributed by atoms with Crippen molar-refractivity contribution >= 4 is 23.2 Å². The minimum absolute atomic E-state index is 0.0318. The zero-order valence-electron chi connectivity index (χ0n) is 7.78. The molecule has 1 aromatic rings. The van der Waals surface area contributed by atoms with Crippen LogP contribution in [0.5, 0.6) is 0 Å². The lowest BCUT2D eigenvalue weighted by atomic mass is 10.0. The SMILES string of the molecule is N[C@@H](CC(F)(F)F)c1c(F)ccc(Cl)c1Cl. The molecule has 16 heavy (non-hydrogen) atoms. The standard InChI is InChI=1S/C9H7Cl2F4N/c10-4-1-2-5(12)7(8(4)11)6(16)3-9(13,14)15/h1-2,6H,3,16H2/t6-/m0/s1. The Morgan fingerprint density at radius 2 is 1.81 bits per heavy atom. The van der Waals surface area contributed by atoms with Gasteiger partial charge in [0.25, 0.3) is 0 Å². The summed E-state index contributed by atoms with van der Waals surface area (Å²) in [5.74, 6) is -0.897. The number of hydrogen-bond acceptors (Lipinski definition) is 1. The summed E-state index contributed by atoms with van der Waals surface area (Å²) < 4.78 is 49.5. The molecule has 0 heterocycles. The summed E-state index contributed by atoms with van der Waals surface area (Å²) in [4.78, 5) is 0. The van der Waals surface area contributed by atoms with Gasteiger partial charge in [0.05, 0.1) is 16.5 Å². The number of rotatable bonds is 2. The average molecular weight is 276 g/mol. The fraction of sp³-hybridized carbons (Fsp3) is 0.333. The van der Waals surface area contributed by atoms with Crippen LogP contribution in [0.2, 0.25) is 10.0 Å². The highest BCUT2D eigenvalue weighted by Gasteiger charge is 2.33. The van der Waals surface area contributed by atoms with E-state index in [2.05, 4.69) is 0 Å². The lowest BCUT2D eigenvalue weighted by Gasteiger charge is -2.17. The number of halogens is 6. The second kappa shape index (κ2) is 4.77. The van der Waals surface area contributed by atoms with Crippen molar-refractivity contribution in [2.75, 3.05) is 0 Å². The number of hydrogen-bond donors (Lipinski definition) is 1. The number of benzene rings is 1. The van der Waals surface area contributed by atoms with Gasteiger partial charge in [0.15, 0.2) is 0 Å². The van der Waals surface area contributed by atoms with E-state index in [0.717, 1.165) is 12.1 Å². The highest BCUT2D eigenvalue weighted by atomic mass is 35.5. The fourth-order valence-corrected chi connectivity index (χ4v) is 1.69. The van der Waals surface area contributed by atoms with E-state index in [9.17, 15) is 17.6 Å². The Morgan fingerprint density at radius 3 is 2.31 bits per heavy atom. The van der Waals surface area contributed by atoms with Crippen molar-refractivity contribution in [1.29, 1.82) is 0 Å². The molecule has 2 N–H and O–H groups in total. The normalized spacial score (nSPS) is 13.9. The van der Waals surface area contributed by atoms with Crippen molar-refractivity contribution in [2.45, 2.75) is 18.6 Å². The molecule has 0 radical (unpaired) electrons. The van der Waals surface area contributed by atoms with Crippen LogP contribution in [-0.4, -0.2) is 6.18 Å². The molecule has 0 aliphatic carbocycles. The summed E-state index contributed by atoms with van der Waals surface area (Å²) >= 11 is 11.2. The van der Waals surface area contributed by atoms with E-state index < -0.39 is 30.0 Å². The summed E-state index contributed by atoms with van der Waals surface area (Å²) in [5.41, 5.74) is 4.84. The number of alkyl halides is 3. The largest absolute Gasteiger partial charge is 0.390 e. The third-order valence-electron chi connectivity index (χ3n) is 1.90. The van der Waals surface area contributed by atoms with Crippen molar-refractivity contribution in [3.8, 4) is 0 Å². The van der Waals surface area contributed by atoms with Gasteiger partial charge in [0, 0.05) is 11.6 Å². The van der Waals surface area contributed by atoms with Gasteiger partial charge in [0.1, 0.15) is 5.82 Å². The van der Waals surface area contributed by atoms with Crippen LogP contribution >= 0.6 is 23.2 Å². The van der Waals surface area contributed by atoms with Crippen LogP contribution in [0, 0.1) is 5.82 Å². The molecule has 0 aliphatic heterocycles. The molecule has 7 heteroatoms. The minimum Gasteiger partial charge on any atom is -0.324 e. The van der Waals surface area contributed by atoms with E-state index >= 15 is 0 Å². The molecule has 1 aromatic carbocycles. The molecule has 0 bridgehead atoms. The van der Waals surface area contributed by atoms with Crippen LogP contribution in [0.1, 0.15) is 18.0 Å². The van der Waals surface area contributed by atoms with Gasteiger partial charge in [-0.05, 0) is 12.1 Å². The molecule has 1 rings (SSSR count). The van der Waals surface area contributed by atoms with E-state index in [1.807, 2.05) is 0 Å². The molecule has 0 aliphatic rings. The molecule has 0 spiro atoms. The van der Waals surface area contributed by atoms with Gasteiger partial charge in [-0.1, -0.05) is 23.2 Å². The maximum Gasteiger partial charge on any atom is 0.390 e. The third-order valence-corrected chi connectivity index (χ3v) is 2.72. The lowest BCUT2D eigenvalue weighted by Crippen LogP contribution is -2.21. The van der Waals surface area contributed by atoms with E-state index in [-0.39, 0.29) is 10.0 Å². The first kappa shape index (κ1) is 13.5. The van der Waals surface area contributed by atoms with Gasteiger partial charge in [0.2, 0.25) is 0 Å². The molecule has 1 nitrogen and oxygen atoms in total. The molecule has 0 unspecified atom stereocenters. The Morgan fingerprint density at radius 1 is 1.25 bits per heavy atom. The van der Waals surface area contributed by atoms with Gasteiger partial charge in [-0.3, -0.25) is 0 Å². The Bertz CT molecular complexity index is 392. The van der Waals surface area contributed by atoms with Gasteiger partial charge >= 0.3 is 6.18 Å². The Kier molecular flexibility index (Phi) is 4.04. The maximum atomic E-state index is 13.3. The van der Waals surface area contributed by atoms with Gasteiger partial charge < -0.3 is 5.73 Å². The van der Waals surface area contributed by atoms with Gasteiger partial charge in [-0.15, -0.1) is 0 Å². The number of nitrogens with two attached hydrogens (primary N) is 1. The average Bonchev–Trinajstić information content (AvgIpc) is 2.09. The van der Waals surface area contributed by atoms with E-state index in [1.54, 1.807) is 0 Å². The van der Waals surface area contributed by atoms with Crippen LogP contribution in [0.4, 0.5) is 17.6 Å². The summed E-state index contributed by atoms with van der Waals surface area (Å²) in [5, 5.41) is -0.311. The highest BCUT2D eigenvalue weighted by Crippen LogP contribution is 2.36. The predicted molar refractivity (Wildman–Crippen MR) is 54.0 cm³/mol. The van der Waals surface area contributed by atoms with Gasteiger partial charge in [-0.2, -0.15) is 13.2 Å². The minimum atomic E-state index is -4.49. The van der Waals surface area contributed by atoms with E-state index in [1.165, 1.54) is 0 Å². The zero-order valence-corrected chi connectivity index (χ0v) is 9.30. The first-order valence-corrected chi connectivity index (χ1v) is 4.93. The Hall–Kier alpha value is -0.520. The topological polar surface area (TPSA) is 26.0 Å². The van der Waals surface area contributed by atoms with Gasteiger partial charge in [-0.25, -0.2) is 4.39 Å². The molecule has 1 atom stereocenters. The van der Waals surface area contributed by atoms with Crippen molar-refractivity contribution in [3.63, 3.8) is 0 Å². The Labute approximate surface area is 99.1 Å². The smallest absolute Gasteiger partial charge is 0.324 e. The second-order valence-electron chi connectivity index (χ2n) is 3.18. The third kappa shape index (κ3) is 3.23. The van der Waals surface area contributed by atoms with Crippen LogP contribution in [-0.2, 0) is 0 Å². The molecule has 0 saturated heterocycles. The Balaban J connectivity index is 3.08. The molecule has 0 saturated carbocycles. The van der Waals surface area contributed by atoms with Crippen molar-refractivity contribution in [2.24, 2.45) is 5.73 Å². The maximum absolute atomic E-state index is 13.3. The first-order valence-electron chi connectivity index (χ1n) is 4.18. The summed E-state index contributed by atoms with van der Waals surface area (Å²) in [6.07, 6.45) is -5.85. The summed E-state index contributed by atoms with van der Waals surface area (Å²) in [6.45, 7) is 0. The van der Waals surface area contributed by atoms with Crippen molar-refractivity contribution in [3.05, 3.63) is 33.6 Å². The second-order valence-corrected chi connectivity index (χ2v) is 3.97. The zero-order chi connectivity index (χ0) is 12.5. The van der Waals surface area contributed by atoms with Crippen molar-refractivity contribution < 1.29 is 17.6 Å². The van der Waals surface area contributed by atoms with Crippen LogP contribution in [0.25, 0.3) is 0 Å². The van der Waals surface area contributed by atoms with E-state index in [0.29, 0.717) is 0 Å². The molecule has 0 amide bonds. The van der Waals surface area contributed by atoms with Crippen molar-refractivity contribution in [1.82, 2.24) is 0 Å². The van der Waals surface area contributed by atoms with Crippen LogP contribution < -0.4 is 5.73 Å². The molecular formula is C9H7Cl2F4N. The quantitative estimate of drug-likeness (QED) is 0.639. The van der Waals surface area contributed by atoms with E-state index in [4.69, 9.17) is 28.9 Å². The molecule has 90 valence electrons. The summed E-state index contributed by atoms with van der Waals surface area (Å²) in [7, 11) is 0. The van der Waals surface area contributed by atoms with Crippen LogP contribution in [0.3, 0.4) is 0 Å². The molecule has 0 aromatic heterocycles. The van der Waals surface area contributed by atoms with Crippen LogP contribution in [0.15, 0.2) is 12.1 Å². The first-order chi connectivity index (χ1) is 7.22. The molecular weight excluding hydrogens is 269 g/mol. The monoisotopic (exact) mass is 275 g/mol. The molecule has 0 fully saturated rings. The highest BCUT2D eigenvalue weighted by molar-refractivity contribution is 6.42.